The van der Waals surface area contributed by atoms with Crippen LogP contribution < -0.4 is 14.4 Å². The van der Waals surface area contributed by atoms with Gasteiger partial charge in [-0.3, -0.25) is 4.79 Å². The first-order chi connectivity index (χ1) is 13.1. The van der Waals surface area contributed by atoms with Gasteiger partial charge in [0.1, 0.15) is 11.9 Å². The summed E-state index contributed by atoms with van der Waals surface area (Å²) in [6.45, 7) is 3.85. The molecule has 1 atom stereocenters. The lowest BCUT2D eigenvalue weighted by Crippen LogP contribution is -2.32. The van der Waals surface area contributed by atoms with Crippen LogP contribution in [0.15, 0.2) is 36.7 Å². The van der Waals surface area contributed by atoms with E-state index in [0.29, 0.717) is 37.8 Å². The highest BCUT2D eigenvalue weighted by atomic mass is 16.5. The largest absolute Gasteiger partial charge is 0.494 e. The van der Waals surface area contributed by atoms with E-state index in [0.717, 1.165) is 17.7 Å². The van der Waals surface area contributed by atoms with Gasteiger partial charge in [-0.15, -0.1) is 0 Å². The molecule has 0 aliphatic carbocycles. The molecule has 1 aliphatic heterocycles. The standard InChI is InChI=1S/C20H26N4O3/c1-4-26-16-7-5-15(6-8-16)13-18(25)24-12-9-17(14-24)27-20-19(23(2)3)21-10-11-22-20/h5-8,10-11,17H,4,9,12-14H2,1-3H3. The van der Waals surface area contributed by atoms with Crippen molar-refractivity contribution in [2.45, 2.75) is 25.9 Å². The van der Waals surface area contributed by atoms with Crippen LogP contribution in [0.25, 0.3) is 0 Å². The summed E-state index contributed by atoms with van der Waals surface area (Å²) >= 11 is 0. The Hall–Kier alpha value is -2.83. The summed E-state index contributed by atoms with van der Waals surface area (Å²) in [6, 6.07) is 7.68. The first-order valence-corrected chi connectivity index (χ1v) is 9.21. The van der Waals surface area contributed by atoms with Crippen molar-refractivity contribution >= 4 is 11.7 Å². The molecule has 2 heterocycles. The number of carbonyl (C=O) groups is 1. The monoisotopic (exact) mass is 370 g/mol. The van der Waals surface area contributed by atoms with E-state index < -0.39 is 0 Å². The average molecular weight is 370 g/mol. The van der Waals surface area contributed by atoms with E-state index in [1.807, 2.05) is 55.1 Å². The second-order valence-electron chi connectivity index (χ2n) is 6.70. The van der Waals surface area contributed by atoms with Crippen molar-refractivity contribution in [3.63, 3.8) is 0 Å². The van der Waals surface area contributed by atoms with E-state index in [1.165, 1.54) is 0 Å². The number of amides is 1. The quantitative estimate of drug-likeness (QED) is 0.744. The molecule has 0 N–H and O–H groups in total. The Morgan fingerprint density at radius 3 is 2.67 bits per heavy atom. The van der Waals surface area contributed by atoms with Crippen LogP contribution in [0, 0.1) is 0 Å². The molecule has 2 aromatic rings. The number of anilines is 1. The first-order valence-electron chi connectivity index (χ1n) is 9.21. The number of hydrogen-bond donors (Lipinski definition) is 0. The third kappa shape index (κ3) is 4.87. The SMILES string of the molecule is CCOc1ccc(CC(=O)N2CCC(Oc3nccnc3N(C)C)C2)cc1. The molecule has 1 fully saturated rings. The number of carbonyl (C=O) groups excluding carboxylic acids is 1. The second-order valence-corrected chi connectivity index (χ2v) is 6.70. The summed E-state index contributed by atoms with van der Waals surface area (Å²) in [5, 5.41) is 0. The fraction of sp³-hybridized carbons (Fsp3) is 0.450. The fourth-order valence-corrected chi connectivity index (χ4v) is 3.07. The van der Waals surface area contributed by atoms with Crippen LogP contribution in [0.1, 0.15) is 18.9 Å². The molecule has 7 heteroatoms. The van der Waals surface area contributed by atoms with Gasteiger partial charge < -0.3 is 19.3 Å². The van der Waals surface area contributed by atoms with Crippen molar-refractivity contribution in [1.82, 2.24) is 14.9 Å². The summed E-state index contributed by atoms with van der Waals surface area (Å²) in [5.41, 5.74) is 0.983. The molecular weight excluding hydrogens is 344 g/mol. The lowest BCUT2D eigenvalue weighted by Gasteiger charge is -2.19. The molecule has 1 aliphatic rings. The predicted octanol–water partition coefficient (Wildman–Crippen LogP) is 2.16. The zero-order valence-electron chi connectivity index (χ0n) is 16.1. The normalized spacial score (nSPS) is 16.3. The van der Waals surface area contributed by atoms with Crippen LogP contribution in [0.5, 0.6) is 11.6 Å². The molecule has 7 nitrogen and oxygen atoms in total. The van der Waals surface area contributed by atoms with Crippen molar-refractivity contribution in [2.75, 3.05) is 38.7 Å². The molecular formula is C20H26N4O3. The summed E-state index contributed by atoms with van der Waals surface area (Å²) in [5.74, 6) is 2.13. The molecule has 1 aromatic heterocycles. The molecule has 0 saturated carbocycles. The van der Waals surface area contributed by atoms with Crippen LogP contribution in [0.3, 0.4) is 0 Å². The molecule has 0 spiro atoms. The van der Waals surface area contributed by atoms with Crippen LogP contribution >= 0.6 is 0 Å². The molecule has 3 rings (SSSR count). The van der Waals surface area contributed by atoms with Gasteiger partial charge in [-0.1, -0.05) is 12.1 Å². The molecule has 1 amide bonds. The van der Waals surface area contributed by atoms with E-state index in [1.54, 1.807) is 12.4 Å². The van der Waals surface area contributed by atoms with Crippen molar-refractivity contribution in [2.24, 2.45) is 0 Å². The molecule has 1 aromatic carbocycles. The Morgan fingerprint density at radius 1 is 1.22 bits per heavy atom. The topological polar surface area (TPSA) is 67.8 Å². The van der Waals surface area contributed by atoms with Crippen LogP contribution in [0.2, 0.25) is 0 Å². The third-order valence-corrected chi connectivity index (χ3v) is 4.44. The lowest BCUT2D eigenvalue weighted by atomic mass is 10.1. The van der Waals surface area contributed by atoms with Gasteiger partial charge in [0.25, 0.3) is 5.88 Å². The van der Waals surface area contributed by atoms with E-state index in [-0.39, 0.29) is 12.0 Å². The van der Waals surface area contributed by atoms with Gasteiger partial charge in [-0.05, 0) is 24.6 Å². The molecule has 0 radical (unpaired) electrons. The van der Waals surface area contributed by atoms with Gasteiger partial charge in [-0.25, -0.2) is 9.97 Å². The predicted molar refractivity (Wildman–Crippen MR) is 103 cm³/mol. The Morgan fingerprint density at radius 2 is 1.96 bits per heavy atom. The second kappa shape index (κ2) is 8.70. The Balaban J connectivity index is 1.55. The number of rotatable bonds is 7. The molecule has 144 valence electrons. The highest BCUT2D eigenvalue weighted by molar-refractivity contribution is 5.79. The summed E-state index contributed by atoms with van der Waals surface area (Å²) < 4.78 is 11.5. The molecule has 27 heavy (non-hydrogen) atoms. The molecule has 0 bridgehead atoms. The fourth-order valence-electron chi connectivity index (χ4n) is 3.07. The van der Waals surface area contributed by atoms with E-state index in [4.69, 9.17) is 9.47 Å². The zero-order chi connectivity index (χ0) is 19.2. The van der Waals surface area contributed by atoms with Gasteiger partial charge >= 0.3 is 0 Å². The van der Waals surface area contributed by atoms with Crippen LogP contribution in [0.4, 0.5) is 5.82 Å². The van der Waals surface area contributed by atoms with Crippen molar-refractivity contribution < 1.29 is 14.3 Å². The van der Waals surface area contributed by atoms with E-state index >= 15 is 0 Å². The first kappa shape index (κ1) is 18.9. The van der Waals surface area contributed by atoms with Crippen LogP contribution in [-0.2, 0) is 11.2 Å². The maximum absolute atomic E-state index is 12.6. The van der Waals surface area contributed by atoms with Gasteiger partial charge in [0, 0.05) is 39.5 Å². The smallest absolute Gasteiger partial charge is 0.257 e. The van der Waals surface area contributed by atoms with Gasteiger partial charge in [-0.2, -0.15) is 0 Å². The highest BCUT2D eigenvalue weighted by Crippen LogP contribution is 2.24. The lowest BCUT2D eigenvalue weighted by molar-refractivity contribution is -0.129. The highest BCUT2D eigenvalue weighted by Gasteiger charge is 2.28. The number of nitrogens with zero attached hydrogens (tertiary/aromatic N) is 4. The van der Waals surface area contributed by atoms with Crippen molar-refractivity contribution in [3.05, 3.63) is 42.2 Å². The summed E-state index contributed by atoms with van der Waals surface area (Å²) in [4.78, 5) is 24.9. The molecule has 1 unspecified atom stereocenters. The Labute approximate surface area is 159 Å². The molecule has 1 saturated heterocycles. The summed E-state index contributed by atoms with van der Waals surface area (Å²) in [6.07, 6.45) is 4.37. The van der Waals surface area contributed by atoms with E-state index in [9.17, 15) is 4.79 Å². The number of aromatic nitrogens is 2. The maximum Gasteiger partial charge on any atom is 0.257 e. The number of benzene rings is 1. The van der Waals surface area contributed by atoms with Crippen molar-refractivity contribution in [3.8, 4) is 11.6 Å². The van der Waals surface area contributed by atoms with Gasteiger partial charge in [0.05, 0.1) is 19.6 Å². The third-order valence-electron chi connectivity index (χ3n) is 4.44. The van der Waals surface area contributed by atoms with E-state index in [2.05, 4.69) is 9.97 Å². The Bertz CT molecular complexity index is 764. The van der Waals surface area contributed by atoms with Gasteiger partial charge in [0.15, 0.2) is 5.82 Å². The average Bonchev–Trinajstić information content (AvgIpc) is 3.12. The minimum absolute atomic E-state index is 0.0651. The van der Waals surface area contributed by atoms with Gasteiger partial charge in [0.2, 0.25) is 5.91 Å². The Kier molecular flexibility index (Phi) is 6.11. The summed E-state index contributed by atoms with van der Waals surface area (Å²) in [7, 11) is 3.80. The number of ether oxygens (including phenoxy) is 2. The van der Waals surface area contributed by atoms with Crippen LogP contribution in [-0.4, -0.2) is 60.7 Å². The minimum Gasteiger partial charge on any atom is -0.494 e. The maximum atomic E-state index is 12.6. The minimum atomic E-state index is -0.0651. The number of hydrogen-bond acceptors (Lipinski definition) is 6. The zero-order valence-corrected chi connectivity index (χ0v) is 16.1. The van der Waals surface area contributed by atoms with Crippen molar-refractivity contribution in [1.29, 1.82) is 0 Å². The number of likely N-dealkylation sites (tertiary alicyclic amines) is 1.